The Morgan fingerprint density at radius 3 is 2.71 bits per heavy atom. The number of esters is 1. The highest BCUT2D eigenvalue weighted by molar-refractivity contribution is 5.89. The van der Waals surface area contributed by atoms with Crippen molar-refractivity contribution in [2.75, 3.05) is 18.5 Å². The van der Waals surface area contributed by atoms with E-state index in [1.54, 1.807) is 19.1 Å². The van der Waals surface area contributed by atoms with E-state index in [1.807, 2.05) is 18.2 Å². The van der Waals surface area contributed by atoms with Gasteiger partial charge in [0.25, 0.3) is 0 Å². The van der Waals surface area contributed by atoms with Gasteiger partial charge in [-0.3, -0.25) is 10.1 Å². The maximum atomic E-state index is 11.5. The lowest BCUT2D eigenvalue weighted by molar-refractivity contribution is -0.141. The summed E-state index contributed by atoms with van der Waals surface area (Å²) in [5.74, 6) is -0.237. The molecule has 0 unspecified atom stereocenters. The van der Waals surface area contributed by atoms with Gasteiger partial charge in [0.1, 0.15) is 6.54 Å². The van der Waals surface area contributed by atoms with Crippen molar-refractivity contribution < 1.29 is 18.7 Å². The van der Waals surface area contributed by atoms with Crippen molar-refractivity contribution in [3.05, 3.63) is 30.3 Å². The normalized spacial score (nSPS) is 9.95. The van der Waals surface area contributed by atoms with Gasteiger partial charge in [-0.2, -0.15) is 0 Å². The van der Waals surface area contributed by atoms with Crippen molar-refractivity contribution in [2.45, 2.75) is 6.92 Å². The number of hydrogen-bond acceptors (Lipinski definition) is 6. The van der Waals surface area contributed by atoms with E-state index in [0.29, 0.717) is 0 Å². The molecule has 0 bridgehead atoms. The van der Waals surface area contributed by atoms with E-state index in [4.69, 9.17) is 4.42 Å². The minimum atomic E-state index is -0.633. The summed E-state index contributed by atoms with van der Waals surface area (Å²) in [7, 11) is 0. The van der Waals surface area contributed by atoms with Crippen molar-refractivity contribution in [2.24, 2.45) is 0 Å². The Hall–Kier alpha value is -2.90. The first-order valence-electron chi connectivity index (χ1n) is 6.28. The first-order chi connectivity index (χ1) is 10.2. The fraction of sp³-hybridized carbons (Fsp3) is 0.231. The van der Waals surface area contributed by atoms with E-state index in [0.717, 1.165) is 5.56 Å². The quantitative estimate of drug-likeness (QED) is 0.807. The number of nitrogens with zero attached hydrogens (tertiary/aromatic N) is 2. The molecular weight excluding hydrogens is 276 g/mol. The van der Waals surface area contributed by atoms with Gasteiger partial charge in [0.05, 0.1) is 6.61 Å². The zero-order chi connectivity index (χ0) is 15.1. The molecule has 0 aliphatic carbocycles. The average Bonchev–Trinajstić information content (AvgIpc) is 2.95. The highest BCUT2D eigenvalue weighted by atomic mass is 16.5. The van der Waals surface area contributed by atoms with Gasteiger partial charge >= 0.3 is 18.0 Å². The van der Waals surface area contributed by atoms with Gasteiger partial charge in [-0.1, -0.05) is 23.3 Å². The van der Waals surface area contributed by atoms with E-state index < -0.39 is 12.0 Å². The van der Waals surface area contributed by atoms with Crippen LogP contribution < -0.4 is 10.6 Å². The Morgan fingerprint density at radius 2 is 2.00 bits per heavy atom. The van der Waals surface area contributed by atoms with Crippen LogP contribution >= 0.6 is 0 Å². The molecule has 1 aromatic carbocycles. The number of rotatable bonds is 5. The zero-order valence-electron chi connectivity index (χ0n) is 11.3. The van der Waals surface area contributed by atoms with Crippen LogP contribution in [-0.2, 0) is 9.53 Å². The van der Waals surface area contributed by atoms with Crippen molar-refractivity contribution in [1.29, 1.82) is 0 Å². The number of hydrogen-bond donors (Lipinski definition) is 2. The van der Waals surface area contributed by atoms with Crippen LogP contribution in [-0.4, -0.2) is 35.3 Å². The molecule has 8 heteroatoms. The summed E-state index contributed by atoms with van der Waals surface area (Å²) in [6, 6.07) is 8.44. The summed E-state index contributed by atoms with van der Waals surface area (Å²) >= 11 is 0. The minimum absolute atomic E-state index is 0.0600. The largest absolute Gasteiger partial charge is 0.465 e. The van der Waals surface area contributed by atoms with Crippen LogP contribution in [0.2, 0.25) is 0 Å². The van der Waals surface area contributed by atoms with Gasteiger partial charge in [-0.15, -0.1) is 5.10 Å². The molecule has 2 aromatic rings. The Morgan fingerprint density at radius 1 is 1.24 bits per heavy atom. The number of urea groups is 1. The van der Waals surface area contributed by atoms with Crippen LogP contribution in [0.5, 0.6) is 0 Å². The van der Waals surface area contributed by atoms with E-state index in [2.05, 4.69) is 25.6 Å². The van der Waals surface area contributed by atoms with Crippen LogP contribution in [0.15, 0.2) is 34.7 Å². The molecular formula is C13H14N4O4. The van der Waals surface area contributed by atoms with Gasteiger partial charge in [-0.25, -0.2) is 4.79 Å². The van der Waals surface area contributed by atoms with Gasteiger partial charge in [0.2, 0.25) is 5.89 Å². The van der Waals surface area contributed by atoms with Gasteiger partial charge in [0, 0.05) is 5.56 Å². The van der Waals surface area contributed by atoms with Gasteiger partial charge in [-0.05, 0) is 19.1 Å². The number of nitrogens with one attached hydrogen (secondary N) is 2. The van der Waals surface area contributed by atoms with E-state index in [9.17, 15) is 9.59 Å². The summed E-state index contributed by atoms with van der Waals surface area (Å²) in [5.41, 5.74) is 0.741. The van der Waals surface area contributed by atoms with E-state index in [1.165, 1.54) is 0 Å². The highest BCUT2D eigenvalue weighted by Crippen LogP contribution is 2.18. The molecule has 0 atom stereocenters. The smallest absolute Gasteiger partial charge is 0.325 e. The zero-order valence-corrected chi connectivity index (χ0v) is 11.3. The standard InChI is InChI=1S/C13H14N4O4/c1-2-20-10(18)8-14-12(19)15-13-17-16-11(21-13)9-6-4-3-5-7-9/h3-7H,2,8H2,1H3,(H2,14,15,17,19). The summed E-state index contributed by atoms with van der Waals surface area (Å²) in [6.45, 7) is 1.70. The molecule has 0 saturated heterocycles. The first-order valence-corrected chi connectivity index (χ1v) is 6.28. The molecule has 0 aliphatic heterocycles. The van der Waals surface area contributed by atoms with Crippen molar-refractivity contribution >= 4 is 18.0 Å². The second-order valence-corrected chi connectivity index (χ2v) is 3.89. The molecule has 2 N–H and O–H groups in total. The Kier molecular flexibility index (Phi) is 4.86. The molecule has 0 radical (unpaired) electrons. The SMILES string of the molecule is CCOC(=O)CNC(=O)Nc1nnc(-c2ccccc2)o1. The first kappa shape index (κ1) is 14.5. The molecule has 1 aromatic heterocycles. The van der Waals surface area contributed by atoms with Crippen LogP contribution in [0, 0.1) is 0 Å². The summed E-state index contributed by atoms with van der Waals surface area (Å²) in [5, 5.41) is 12.1. The number of amides is 2. The lowest BCUT2D eigenvalue weighted by Crippen LogP contribution is -2.34. The van der Waals surface area contributed by atoms with E-state index >= 15 is 0 Å². The Bertz CT molecular complexity index is 612. The third kappa shape index (κ3) is 4.30. The van der Waals surface area contributed by atoms with Crippen LogP contribution in [0.4, 0.5) is 10.8 Å². The lowest BCUT2D eigenvalue weighted by Gasteiger charge is -2.03. The van der Waals surface area contributed by atoms with E-state index in [-0.39, 0.29) is 25.1 Å². The monoisotopic (exact) mass is 290 g/mol. The molecule has 2 amide bonds. The molecule has 2 rings (SSSR count). The number of carbonyl (C=O) groups excluding carboxylic acids is 2. The maximum Gasteiger partial charge on any atom is 0.325 e. The topological polar surface area (TPSA) is 106 Å². The van der Waals surface area contributed by atoms with Crippen molar-refractivity contribution in [3.8, 4) is 11.5 Å². The Balaban J connectivity index is 1.88. The molecule has 8 nitrogen and oxygen atoms in total. The molecule has 0 spiro atoms. The van der Waals surface area contributed by atoms with Crippen LogP contribution in [0.25, 0.3) is 11.5 Å². The summed E-state index contributed by atoms with van der Waals surface area (Å²) in [4.78, 5) is 22.6. The second-order valence-electron chi connectivity index (χ2n) is 3.89. The van der Waals surface area contributed by atoms with Crippen molar-refractivity contribution in [3.63, 3.8) is 0 Å². The maximum absolute atomic E-state index is 11.5. The third-order valence-corrected chi connectivity index (χ3v) is 2.36. The molecule has 0 fully saturated rings. The second kappa shape index (κ2) is 7.04. The molecule has 110 valence electrons. The average molecular weight is 290 g/mol. The number of ether oxygens (including phenoxy) is 1. The molecule has 0 aliphatic rings. The summed E-state index contributed by atoms with van der Waals surface area (Å²) in [6.07, 6.45) is 0. The van der Waals surface area contributed by atoms with Crippen LogP contribution in [0.3, 0.4) is 0 Å². The van der Waals surface area contributed by atoms with Crippen molar-refractivity contribution in [1.82, 2.24) is 15.5 Å². The number of benzene rings is 1. The fourth-order valence-electron chi connectivity index (χ4n) is 1.48. The molecule has 0 saturated carbocycles. The minimum Gasteiger partial charge on any atom is -0.465 e. The predicted octanol–water partition coefficient (Wildman–Crippen LogP) is 1.42. The lowest BCUT2D eigenvalue weighted by atomic mass is 10.2. The molecule has 1 heterocycles. The molecule has 21 heavy (non-hydrogen) atoms. The van der Waals surface area contributed by atoms with Gasteiger partial charge < -0.3 is 14.5 Å². The number of anilines is 1. The van der Waals surface area contributed by atoms with Crippen LogP contribution in [0.1, 0.15) is 6.92 Å². The van der Waals surface area contributed by atoms with Gasteiger partial charge in [0.15, 0.2) is 0 Å². The summed E-state index contributed by atoms with van der Waals surface area (Å²) < 4.78 is 9.96. The Labute approximate surface area is 120 Å². The predicted molar refractivity (Wildman–Crippen MR) is 73.4 cm³/mol. The third-order valence-electron chi connectivity index (χ3n) is 2.36. The highest BCUT2D eigenvalue weighted by Gasteiger charge is 2.11. The fourth-order valence-corrected chi connectivity index (χ4v) is 1.48. The number of aromatic nitrogens is 2. The number of carbonyl (C=O) groups is 2.